The summed E-state index contributed by atoms with van der Waals surface area (Å²) in [5.41, 5.74) is 2.72. The Labute approximate surface area is 75.3 Å². The molecule has 5 nitrogen and oxygen atoms in total. The van der Waals surface area contributed by atoms with Crippen molar-refractivity contribution in [3.63, 3.8) is 0 Å². The summed E-state index contributed by atoms with van der Waals surface area (Å²) >= 11 is 0. The Balaban J connectivity index is 2.52. The summed E-state index contributed by atoms with van der Waals surface area (Å²) in [5.74, 6) is 2.69. The SMILES string of the molecule is C#CCONc1cnc(C#N)cn1. The first-order valence-corrected chi connectivity index (χ1v) is 3.40. The highest BCUT2D eigenvalue weighted by Crippen LogP contribution is 1.99. The number of aromatic nitrogens is 2. The average molecular weight is 174 g/mol. The van der Waals surface area contributed by atoms with Gasteiger partial charge in [0.25, 0.3) is 0 Å². The standard InChI is InChI=1S/C8H6N4O/c1-2-3-13-12-8-6-10-7(4-9)5-11-8/h1,5-6H,3H2,(H,11,12). The molecule has 0 spiro atoms. The Morgan fingerprint density at radius 2 is 2.38 bits per heavy atom. The van der Waals surface area contributed by atoms with Gasteiger partial charge in [-0.05, 0) is 0 Å². The molecule has 1 aromatic heterocycles. The van der Waals surface area contributed by atoms with E-state index in [1.54, 1.807) is 0 Å². The molecule has 0 aromatic carbocycles. The van der Waals surface area contributed by atoms with Crippen LogP contribution in [-0.2, 0) is 4.84 Å². The third-order valence-corrected chi connectivity index (χ3v) is 1.10. The summed E-state index contributed by atoms with van der Waals surface area (Å²) < 4.78 is 0. The van der Waals surface area contributed by atoms with Crippen LogP contribution in [-0.4, -0.2) is 16.6 Å². The van der Waals surface area contributed by atoms with Gasteiger partial charge in [0.05, 0.1) is 12.4 Å². The van der Waals surface area contributed by atoms with E-state index in [4.69, 9.17) is 16.5 Å². The van der Waals surface area contributed by atoms with Gasteiger partial charge in [-0.2, -0.15) is 5.26 Å². The second kappa shape index (κ2) is 4.70. The van der Waals surface area contributed by atoms with E-state index in [9.17, 15) is 0 Å². The van der Waals surface area contributed by atoms with Gasteiger partial charge in [-0.15, -0.1) is 6.42 Å². The molecule has 0 saturated heterocycles. The van der Waals surface area contributed by atoms with Crippen molar-refractivity contribution in [2.45, 2.75) is 0 Å². The highest BCUT2D eigenvalue weighted by molar-refractivity contribution is 5.30. The van der Waals surface area contributed by atoms with E-state index in [1.165, 1.54) is 12.4 Å². The van der Waals surface area contributed by atoms with Gasteiger partial charge in [0.1, 0.15) is 12.7 Å². The fourth-order valence-electron chi connectivity index (χ4n) is 0.590. The van der Waals surface area contributed by atoms with E-state index in [0.29, 0.717) is 5.82 Å². The van der Waals surface area contributed by atoms with Crippen LogP contribution in [0.1, 0.15) is 5.69 Å². The lowest BCUT2D eigenvalue weighted by atomic mass is 10.5. The van der Waals surface area contributed by atoms with Gasteiger partial charge in [-0.3, -0.25) is 4.84 Å². The molecule has 13 heavy (non-hydrogen) atoms. The number of hydrogen-bond acceptors (Lipinski definition) is 5. The lowest BCUT2D eigenvalue weighted by Gasteiger charge is -2.01. The third-order valence-electron chi connectivity index (χ3n) is 1.10. The van der Waals surface area contributed by atoms with Crippen LogP contribution in [0.5, 0.6) is 0 Å². The average Bonchev–Trinajstić information content (AvgIpc) is 2.19. The minimum atomic E-state index is 0.141. The van der Waals surface area contributed by atoms with E-state index in [2.05, 4.69) is 21.4 Å². The fraction of sp³-hybridized carbons (Fsp3) is 0.125. The smallest absolute Gasteiger partial charge is 0.168 e. The molecule has 0 radical (unpaired) electrons. The number of terminal acetylenes is 1. The van der Waals surface area contributed by atoms with Crippen LogP contribution >= 0.6 is 0 Å². The largest absolute Gasteiger partial charge is 0.262 e. The Hall–Kier alpha value is -2.11. The van der Waals surface area contributed by atoms with Crippen molar-refractivity contribution in [2.24, 2.45) is 0 Å². The highest BCUT2D eigenvalue weighted by Gasteiger charge is 1.94. The van der Waals surface area contributed by atoms with Gasteiger partial charge < -0.3 is 0 Å². The predicted molar refractivity (Wildman–Crippen MR) is 45.2 cm³/mol. The number of nitrogens with zero attached hydrogens (tertiary/aromatic N) is 3. The molecule has 0 aliphatic heterocycles. The molecular weight excluding hydrogens is 168 g/mol. The van der Waals surface area contributed by atoms with E-state index >= 15 is 0 Å². The third kappa shape index (κ3) is 2.78. The van der Waals surface area contributed by atoms with E-state index < -0.39 is 0 Å². The van der Waals surface area contributed by atoms with Crippen LogP contribution in [0.15, 0.2) is 12.4 Å². The number of nitriles is 1. The van der Waals surface area contributed by atoms with Crippen LogP contribution in [0.3, 0.4) is 0 Å². The molecule has 0 aliphatic rings. The first-order chi connectivity index (χ1) is 6.36. The topological polar surface area (TPSA) is 70.8 Å². The van der Waals surface area contributed by atoms with Crippen molar-refractivity contribution in [2.75, 3.05) is 12.1 Å². The van der Waals surface area contributed by atoms with Gasteiger partial charge in [-0.1, -0.05) is 5.92 Å². The highest BCUT2D eigenvalue weighted by atomic mass is 16.6. The lowest BCUT2D eigenvalue weighted by Crippen LogP contribution is -2.03. The van der Waals surface area contributed by atoms with Crippen molar-refractivity contribution in [1.29, 1.82) is 5.26 Å². The van der Waals surface area contributed by atoms with E-state index in [0.717, 1.165) is 0 Å². The Kier molecular flexibility index (Phi) is 3.25. The molecular formula is C8H6N4O. The molecule has 1 N–H and O–H groups in total. The van der Waals surface area contributed by atoms with Crippen LogP contribution in [0.25, 0.3) is 0 Å². The minimum Gasteiger partial charge on any atom is -0.262 e. The van der Waals surface area contributed by atoms with Crippen LogP contribution in [0.2, 0.25) is 0 Å². The normalized spacial score (nSPS) is 8.46. The van der Waals surface area contributed by atoms with Crippen molar-refractivity contribution in [3.8, 4) is 18.4 Å². The molecule has 5 heteroatoms. The molecule has 0 atom stereocenters. The summed E-state index contributed by atoms with van der Waals surface area (Å²) in [5, 5.41) is 8.41. The predicted octanol–water partition coefficient (Wildman–Crippen LogP) is 0.325. The zero-order valence-electron chi connectivity index (χ0n) is 6.69. The summed E-state index contributed by atoms with van der Waals surface area (Å²) in [6.45, 7) is 0.141. The minimum absolute atomic E-state index is 0.141. The Morgan fingerprint density at radius 3 is 2.92 bits per heavy atom. The lowest BCUT2D eigenvalue weighted by molar-refractivity contribution is 0.232. The first kappa shape index (κ1) is 8.98. The fourth-order valence-corrected chi connectivity index (χ4v) is 0.590. The molecule has 0 saturated carbocycles. The number of anilines is 1. The number of nitrogens with one attached hydrogen (secondary N) is 1. The zero-order valence-corrected chi connectivity index (χ0v) is 6.69. The monoisotopic (exact) mass is 174 g/mol. The van der Waals surface area contributed by atoms with Gasteiger partial charge in [0, 0.05) is 0 Å². The maximum Gasteiger partial charge on any atom is 0.168 e. The summed E-state index contributed by atoms with van der Waals surface area (Å²) in [4.78, 5) is 12.4. The van der Waals surface area contributed by atoms with Gasteiger partial charge in [0.2, 0.25) is 0 Å². The molecule has 0 fully saturated rings. The summed E-state index contributed by atoms with van der Waals surface area (Å²) in [6, 6.07) is 1.85. The van der Waals surface area contributed by atoms with Crippen LogP contribution in [0, 0.1) is 23.7 Å². The number of hydrogen-bond donors (Lipinski definition) is 1. The van der Waals surface area contributed by atoms with Crippen molar-refractivity contribution < 1.29 is 4.84 Å². The molecule has 1 heterocycles. The van der Waals surface area contributed by atoms with E-state index in [1.807, 2.05) is 6.07 Å². The zero-order chi connectivity index (χ0) is 9.52. The molecule has 0 bridgehead atoms. The van der Waals surface area contributed by atoms with Crippen LogP contribution < -0.4 is 5.48 Å². The summed E-state index contributed by atoms with van der Waals surface area (Å²) in [6.07, 6.45) is 7.66. The summed E-state index contributed by atoms with van der Waals surface area (Å²) in [7, 11) is 0. The Bertz CT molecular complexity index is 346. The van der Waals surface area contributed by atoms with Gasteiger partial charge >= 0.3 is 0 Å². The molecule has 64 valence electrons. The maximum atomic E-state index is 8.41. The first-order valence-electron chi connectivity index (χ1n) is 3.40. The van der Waals surface area contributed by atoms with Gasteiger partial charge in [-0.25, -0.2) is 15.4 Å². The molecule has 0 amide bonds. The molecule has 1 rings (SSSR count). The van der Waals surface area contributed by atoms with E-state index in [-0.39, 0.29) is 12.3 Å². The molecule has 1 aromatic rings. The van der Waals surface area contributed by atoms with Gasteiger partial charge in [0.15, 0.2) is 11.5 Å². The quantitative estimate of drug-likeness (QED) is 0.406. The van der Waals surface area contributed by atoms with Crippen LogP contribution in [0.4, 0.5) is 5.82 Å². The molecule has 0 unspecified atom stereocenters. The van der Waals surface area contributed by atoms with Crippen molar-refractivity contribution >= 4 is 5.82 Å². The second-order valence-electron chi connectivity index (χ2n) is 1.99. The second-order valence-corrected chi connectivity index (χ2v) is 1.99. The van der Waals surface area contributed by atoms with Crippen molar-refractivity contribution in [3.05, 3.63) is 18.1 Å². The maximum absolute atomic E-state index is 8.41. The molecule has 0 aliphatic carbocycles. The Morgan fingerprint density at radius 1 is 1.54 bits per heavy atom. The van der Waals surface area contributed by atoms with Crippen molar-refractivity contribution in [1.82, 2.24) is 9.97 Å². The number of rotatable bonds is 3.